The molecule has 0 aliphatic heterocycles. The Morgan fingerprint density at radius 2 is 2.17 bits per heavy atom. The number of carbonyl (C=O) groups is 1. The normalized spacial score (nSPS) is 12.3. The number of carbonyl (C=O) groups excluding carboxylic acids is 1. The number of pyridine rings is 1. The van der Waals surface area contributed by atoms with E-state index in [1.807, 2.05) is 13.8 Å². The fourth-order valence-corrected chi connectivity index (χ4v) is 1.33. The Morgan fingerprint density at radius 3 is 2.67 bits per heavy atom. The highest BCUT2D eigenvalue weighted by Gasteiger charge is 2.16. The van der Waals surface area contributed by atoms with Crippen molar-refractivity contribution in [3.8, 4) is 0 Å². The molecular weight excluding hydrogens is 242 g/mol. The van der Waals surface area contributed by atoms with Gasteiger partial charge < -0.3 is 10.1 Å². The van der Waals surface area contributed by atoms with E-state index in [0.717, 1.165) is 12.5 Å². The van der Waals surface area contributed by atoms with Gasteiger partial charge in [0, 0.05) is 6.04 Å². The maximum absolute atomic E-state index is 12.7. The second kappa shape index (κ2) is 6.28. The van der Waals surface area contributed by atoms with Gasteiger partial charge in [-0.25, -0.2) is 18.6 Å². The van der Waals surface area contributed by atoms with E-state index in [4.69, 9.17) is 0 Å². The Balaban J connectivity index is 3.09. The number of methoxy groups -OCH3 is 1. The number of hydrogen-bond acceptors (Lipinski definition) is 4. The Hall–Kier alpha value is -1.72. The molecule has 1 N–H and O–H groups in total. The summed E-state index contributed by atoms with van der Waals surface area (Å²) in [6.07, 6.45) is -1.92. The van der Waals surface area contributed by atoms with Crippen LogP contribution in [0.15, 0.2) is 12.1 Å². The number of rotatable bonds is 5. The van der Waals surface area contributed by atoms with E-state index in [-0.39, 0.29) is 17.4 Å². The molecule has 0 aliphatic carbocycles. The van der Waals surface area contributed by atoms with Crippen LogP contribution in [0.2, 0.25) is 0 Å². The number of nitrogens with zero attached hydrogens (tertiary/aromatic N) is 1. The van der Waals surface area contributed by atoms with E-state index in [9.17, 15) is 13.6 Å². The lowest BCUT2D eigenvalue weighted by Crippen LogP contribution is -2.16. The third-order valence-electron chi connectivity index (χ3n) is 2.50. The summed E-state index contributed by atoms with van der Waals surface area (Å²) < 4.78 is 29.9. The molecule has 0 unspecified atom stereocenters. The lowest BCUT2D eigenvalue weighted by Gasteiger charge is -2.14. The number of ether oxygens (including phenoxy) is 1. The maximum Gasteiger partial charge on any atom is 0.338 e. The highest BCUT2D eigenvalue weighted by molar-refractivity contribution is 5.90. The van der Waals surface area contributed by atoms with Crippen molar-refractivity contribution in [2.24, 2.45) is 0 Å². The zero-order valence-corrected chi connectivity index (χ0v) is 10.5. The van der Waals surface area contributed by atoms with Crippen LogP contribution in [0.5, 0.6) is 0 Å². The molecule has 0 aliphatic rings. The standard InChI is InChI=1S/C12H16F2N2O2/c1-4-7(2)15-10-6-8(12(17)18-3)5-9(16-10)11(13)14/h5-7,11H,4H2,1-3H3,(H,15,16)/t7-/m0/s1. The Kier molecular flexibility index (Phi) is 5.00. The van der Waals surface area contributed by atoms with Crippen molar-refractivity contribution >= 4 is 11.8 Å². The van der Waals surface area contributed by atoms with Crippen LogP contribution in [-0.2, 0) is 4.74 Å². The minimum Gasteiger partial charge on any atom is -0.465 e. The molecule has 0 fully saturated rings. The molecule has 0 spiro atoms. The SMILES string of the molecule is CC[C@H](C)Nc1cc(C(=O)OC)cc(C(F)F)n1. The van der Waals surface area contributed by atoms with Crippen molar-refractivity contribution in [2.45, 2.75) is 32.7 Å². The number of anilines is 1. The van der Waals surface area contributed by atoms with Gasteiger partial charge in [-0.05, 0) is 25.5 Å². The fourth-order valence-electron chi connectivity index (χ4n) is 1.33. The second-order valence-electron chi connectivity index (χ2n) is 3.91. The molecule has 0 bridgehead atoms. The van der Waals surface area contributed by atoms with Gasteiger partial charge in [0.2, 0.25) is 0 Å². The molecule has 6 heteroatoms. The average Bonchev–Trinajstić information content (AvgIpc) is 2.37. The number of halogens is 2. The van der Waals surface area contributed by atoms with Crippen molar-refractivity contribution in [1.82, 2.24) is 4.98 Å². The first-order valence-corrected chi connectivity index (χ1v) is 5.62. The quantitative estimate of drug-likeness (QED) is 0.825. The number of hydrogen-bond donors (Lipinski definition) is 1. The predicted octanol–water partition coefficient (Wildman–Crippen LogP) is 3.02. The lowest BCUT2D eigenvalue weighted by molar-refractivity contribution is 0.0600. The summed E-state index contributed by atoms with van der Waals surface area (Å²) in [7, 11) is 1.20. The van der Waals surface area contributed by atoms with E-state index in [0.29, 0.717) is 0 Å². The summed E-state index contributed by atoms with van der Waals surface area (Å²) >= 11 is 0. The number of aromatic nitrogens is 1. The van der Waals surface area contributed by atoms with Gasteiger partial charge in [0.25, 0.3) is 6.43 Å². The summed E-state index contributed by atoms with van der Waals surface area (Å²) in [6.45, 7) is 3.85. The Bertz CT molecular complexity index is 425. The van der Waals surface area contributed by atoms with Gasteiger partial charge in [-0.2, -0.15) is 0 Å². The van der Waals surface area contributed by atoms with Crippen molar-refractivity contribution in [1.29, 1.82) is 0 Å². The smallest absolute Gasteiger partial charge is 0.338 e. The summed E-state index contributed by atoms with van der Waals surface area (Å²) in [5, 5.41) is 2.95. The first-order chi connectivity index (χ1) is 8.47. The molecule has 18 heavy (non-hydrogen) atoms. The van der Waals surface area contributed by atoms with Gasteiger partial charge in [-0.1, -0.05) is 6.92 Å². The average molecular weight is 258 g/mol. The molecule has 4 nitrogen and oxygen atoms in total. The Labute approximate surface area is 104 Å². The lowest BCUT2D eigenvalue weighted by atomic mass is 10.2. The van der Waals surface area contributed by atoms with Crippen LogP contribution < -0.4 is 5.32 Å². The molecule has 1 rings (SSSR count). The van der Waals surface area contributed by atoms with Crippen LogP contribution in [0.1, 0.15) is 42.7 Å². The zero-order valence-electron chi connectivity index (χ0n) is 10.5. The maximum atomic E-state index is 12.7. The van der Waals surface area contributed by atoms with Crippen molar-refractivity contribution in [3.05, 3.63) is 23.4 Å². The Morgan fingerprint density at radius 1 is 1.50 bits per heavy atom. The molecule has 0 saturated carbocycles. The molecular formula is C12H16F2N2O2. The predicted molar refractivity (Wildman–Crippen MR) is 63.9 cm³/mol. The molecule has 0 amide bonds. The van der Waals surface area contributed by atoms with E-state index in [1.54, 1.807) is 0 Å². The van der Waals surface area contributed by atoms with Crippen LogP contribution in [0, 0.1) is 0 Å². The van der Waals surface area contributed by atoms with Gasteiger partial charge in [0.1, 0.15) is 11.5 Å². The van der Waals surface area contributed by atoms with Crippen molar-refractivity contribution < 1.29 is 18.3 Å². The van der Waals surface area contributed by atoms with Gasteiger partial charge in [-0.3, -0.25) is 0 Å². The molecule has 100 valence electrons. The number of nitrogens with one attached hydrogen (secondary N) is 1. The van der Waals surface area contributed by atoms with Gasteiger partial charge in [-0.15, -0.1) is 0 Å². The van der Waals surface area contributed by atoms with Crippen molar-refractivity contribution in [2.75, 3.05) is 12.4 Å². The summed E-state index contributed by atoms with van der Waals surface area (Å²) in [4.78, 5) is 15.1. The van der Waals surface area contributed by atoms with Crippen LogP contribution in [0.25, 0.3) is 0 Å². The van der Waals surface area contributed by atoms with E-state index in [2.05, 4.69) is 15.0 Å². The third kappa shape index (κ3) is 3.65. The molecule has 1 atom stereocenters. The highest BCUT2D eigenvalue weighted by atomic mass is 19.3. The van der Waals surface area contributed by atoms with Crippen LogP contribution in [0.3, 0.4) is 0 Å². The molecule has 0 radical (unpaired) electrons. The van der Waals surface area contributed by atoms with Crippen LogP contribution >= 0.6 is 0 Å². The summed E-state index contributed by atoms with van der Waals surface area (Å²) in [5.41, 5.74) is -0.377. The zero-order chi connectivity index (χ0) is 13.7. The minimum absolute atomic E-state index is 0.0635. The van der Waals surface area contributed by atoms with E-state index in [1.165, 1.54) is 13.2 Å². The van der Waals surface area contributed by atoms with E-state index >= 15 is 0 Å². The van der Waals surface area contributed by atoms with Gasteiger partial charge in [0.15, 0.2) is 0 Å². The number of alkyl halides is 2. The van der Waals surface area contributed by atoms with Gasteiger partial charge in [0.05, 0.1) is 12.7 Å². The summed E-state index contributed by atoms with van der Waals surface area (Å²) in [5.74, 6) is -0.408. The molecule has 1 aromatic rings. The van der Waals surface area contributed by atoms with Crippen LogP contribution in [-0.4, -0.2) is 24.1 Å². The first-order valence-electron chi connectivity index (χ1n) is 5.62. The van der Waals surface area contributed by atoms with Crippen LogP contribution in [0.4, 0.5) is 14.6 Å². The monoisotopic (exact) mass is 258 g/mol. The third-order valence-corrected chi connectivity index (χ3v) is 2.50. The topological polar surface area (TPSA) is 51.2 Å². The fraction of sp³-hybridized carbons (Fsp3) is 0.500. The van der Waals surface area contributed by atoms with Gasteiger partial charge >= 0.3 is 5.97 Å². The molecule has 1 heterocycles. The molecule has 0 aromatic carbocycles. The van der Waals surface area contributed by atoms with E-state index < -0.39 is 18.1 Å². The second-order valence-corrected chi connectivity index (χ2v) is 3.91. The first kappa shape index (κ1) is 14.3. The number of esters is 1. The molecule has 1 aromatic heterocycles. The van der Waals surface area contributed by atoms with Crippen molar-refractivity contribution in [3.63, 3.8) is 0 Å². The summed E-state index contributed by atoms with van der Waals surface area (Å²) in [6, 6.07) is 2.53. The largest absolute Gasteiger partial charge is 0.465 e. The molecule has 0 saturated heterocycles. The highest BCUT2D eigenvalue weighted by Crippen LogP contribution is 2.21. The minimum atomic E-state index is -2.73.